The third-order valence-corrected chi connectivity index (χ3v) is 1.87. The molecular formula is C9H9ClF3NO. The van der Waals surface area contributed by atoms with Gasteiger partial charge < -0.3 is 10.5 Å². The highest BCUT2D eigenvalue weighted by Gasteiger charge is 2.31. The summed E-state index contributed by atoms with van der Waals surface area (Å²) < 4.78 is 39.5. The van der Waals surface area contributed by atoms with E-state index in [1.165, 1.54) is 12.1 Å². The van der Waals surface area contributed by atoms with Crippen molar-refractivity contribution in [3.8, 4) is 5.75 Å². The predicted octanol–water partition coefficient (Wildman–Crippen LogP) is 3.26. The van der Waals surface area contributed by atoms with E-state index in [0.717, 1.165) is 6.07 Å². The van der Waals surface area contributed by atoms with E-state index in [2.05, 4.69) is 4.74 Å². The maximum Gasteiger partial charge on any atom is 0.573 e. The van der Waals surface area contributed by atoms with Gasteiger partial charge in [-0.25, -0.2) is 0 Å². The molecule has 15 heavy (non-hydrogen) atoms. The molecule has 0 saturated heterocycles. The van der Waals surface area contributed by atoms with Gasteiger partial charge >= 0.3 is 6.36 Å². The zero-order valence-electron chi connectivity index (χ0n) is 7.81. The van der Waals surface area contributed by atoms with Crippen molar-refractivity contribution in [1.29, 1.82) is 0 Å². The van der Waals surface area contributed by atoms with Gasteiger partial charge in [0.15, 0.2) is 0 Å². The number of ether oxygens (including phenoxy) is 1. The van der Waals surface area contributed by atoms with Crippen molar-refractivity contribution in [2.24, 2.45) is 5.73 Å². The van der Waals surface area contributed by atoms with E-state index in [9.17, 15) is 13.2 Å². The molecule has 1 aromatic rings. The Balaban J connectivity index is 2.99. The summed E-state index contributed by atoms with van der Waals surface area (Å²) in [6, 6.07) is 3.39. The SMILES string of the molecule is CC(N)c1cc(Cl)cc(OC(F)(F)F)c1. The highest BCUT2D eigenvalue weighted by Crippen LogP contribution is 2.28. The zero-order valence-corrected chi connectivity index (χ0v) is 8.56. The van der Waals surface area contributed by atoms with Crippen LogP contribution in [0.25, 0.3) is 0 Å². The summed E-state index contributed by atoms with van der Waals surface area (Å²) >= 11 is 5.62. The molecule has 0 bridgehead atoms. The van der Waals surface area contributed by atoms with Gasteiger partial charge in [0.1, 0.15) is 5.75 Å². The summed E-state index contributed by atoms with van der Waals surface area (Å²) in [6.07, 6.45) is -4.72. The van der Waals surface area contributed by atoms with Gasteiger partial charge in [0.2, 0.25) is 0 Å². The first-order valence-electron chi connectivity index (χ1n) is 4.10. The molecule has 6 heteroatoms. The summed E-state index contributed by atoms with van der Waals surface area (Å²) in [5.41, 5.74) is 6.01. The molecule has 0 radical (unpaired) electrons. The molecule has 0 aliphatic heterocycles. The quantitative estimate of drug-likeness (QED) is 0.860. The average molecular weight is 240 g/mol. The molecule has 0 amide bonds. The first kappa shape index (κ1) is 12.1. The number of hydrogen-bond donors (Lipinski definition) is 1. The molecule has 1 aromatic carbocycles. The van der Waals surface area contributed by atoms with Crippen LogP contribution in [-0.2, 0) is 0 Å². The van der Waals surface area contributed by atoms with E-state index < -0.39 is 12.4 Å². The lowest BCUT2D eigenvalue weighted by atomic mass is 10.1. The van der Waals surface area contributed by atoms with Crippen molar-refractivity contribution in [2.45, 2.75) is 19.3 Å². The van der Waals surface area contributed by atoms with Crippen LogP contribution in [0.2, 0.25) is 5.02 Å². The van der Waals surface area contributed by atoms with Crippen molar-refractivity contribution in [1.82, 2.24) is 0 Å². The van der Waals surface area contributed by atoms with Crippen molar-refractivity contribution in [3.63, 3.8) is 0 Å². The first-order valence-corrected chi connectivity index (χ1v) is 4.47. The van der Waals surface area contributed by atoms with Crippen LogP contribution in [0, 0.1) is 0 Å². The Morgan fingerprint density at radius 3 is 2.40 bits per heavy atom. The van der Waals surface area contributed by atoms with Crippen molar-refractivity contribution in [2.75, 3.05) is 0 Å². The summed E-state index contributed by atoms with van der Waals surface area (Å²) in [6.45, 7) is 1.64. The van der Waals surface area contributed by atoms with Gasteiger partial charge in [-0.05, 0) is 30.7 Å². The van der Waals surface area contributed by atoms with Crippen LogP contribution in [0.5, 0.6) is 5.75 Å². The van der Waals surface area contributed by atoms with Crippen LogP contribution in [0.15, 0.2) is 18.2 Å². The Morgan fingerprint density at radius 1 is 1.33 bits per heavy atom. The van der Waals surface area contributed by atoms with E-state index in [0.29, 0.717) is 5.56 Å². The van der Waals surface area contributed by atoms with E-state index in [1.54, 1.807) is 6.92 Å². The number of alkyl halides is 3. The van der Waals surface area contributed by atoms with Gasteiger partial charge in [0, 0.05) is 11.1 Å². The molecule has 0 aromatic heterocycles. The van der Waals surface area contributed by atoms with Gasteiger partial charge in [-0.3, -0.25) is 0 Å². The number of benzene rings is 1. The van der Waals surface area contributed by atoms with Crippen molar-refractivity contribution in [3.05, 3.63) is 28.8 Å². The molecule has 1 atom stereocenters. The van der Waals surface area contributed by atoms with Gasteiger partial charge in [-0.2, -0.15) is 0 Å². The molecule has 0 heterocycles. The summed E-state index contributed by atoms with van der Waals surface area (Å²) in [5, 5.41) is 0.157. The Labute approximate surface area is 89.8 Å². The maximum atomic E-state index is 11.9. The minimum absolute atomic E-state index is 0.157. The normalized spacial score (nSPS) is 13.7. The van der Waals surface area contributed by atoms with Crippen molar-refractivity contribution >= 4 is 11.6 Å². The van der Waals surface area contributed by atoms with Crippen LogP contribution >= 0.6 is 11.6 Å². The lowest BCUT2D eigenvalue weighted by molar-refractivity contribution is -0.274. The molecular weight excluding hydrogens is 231 g/mol. The Hall–Kier alpha value is -0.940. The third kappa shape index (κ3) is 3.97. The molecule has 0 fully saturated rings. The highest BCUT2D eigenvalue weighted by atomic mass is 35.5. The lowest BCUT2D eigenvalue weighted by Crippen LogP contribution is -2.17. The molecule has 0 aliphatic rings. The number of hydrogen-bond acceptors (Lipinski definition) is 2. The van der Waals surface area contributed by atoms with Crippen LogP contribution in [0.1, 0.15) is 18.5 Å². The van der Waals surface area contributed by atoms with Crippen LogP contribution < -0.4 is 10.5 Å². The van der Waals surface area contributed by atoms with E-state index >= 15 is 0 Å². The minimum atomic E-state index is -4.72. The molecule has 1 rings (SSSR count). The number of rotatable bonds is 2. The highest BCUT2D eigenvalue weighted by molar-refractivity contribution is 6.30. The monoisotopic (exact) mass is 239 g/mol. The minimum Gasteiger partial charge on any atom is -0.406 e. The van der Waals surface area contributed by atoms with Crippen LogP contribution in [-0.4, -0.2) is 6.36 Å². The molecule has 0 aliphatic carbocycles. The second kappa shape index (κ2) is 4.28. The molecule has 1 unspecified atom stereocenters. The second-order valence-corrected chi connectivity index (χ2v) is 3.49. The van der Waals surface area contributed by atoms with Crippen molar-refractivity contribution < 1.29 is 17.9 Å². The van der Waals surface area contributed by atoms with E-state index in [4.69, 9.17) is 17.3 Å². The van der Waals surface area contributed by atoms with Gasteiger partial charge in [-0.1, -0.05) is 11.6 Å². The fourth-order valence-corrected chi connectivity index (χ4v) is 1.27. The Bertz CT molecular complexity index is 352. The number of nitrogens with two attached hydrogens (primary N) is 1. The van der Waals surface area contributed by atoms with Crippen LogP contribution in [0.4, 0.5) is 13.2 Å². The molecule has 0 spiro atoms. The second-order valence-electron chi connectivity index (χ2n) is 3.06. The Kier molecular flexibility index (Phi) is 3.46. The Morgan fingerprint density at radius 2 is 1.93 bits per heavy atom. The molecule has 2 nitrogen and oxygen atoms in total. The first-order chi connectivity index (χ1) is 6.78. The summed E-state index contributed by atoms with van der Waals surface area (Å²) in [4.78, 5) is 0. The molecule has 0 saturated carbocycles. The summed E-state index contributed by atoms with van der Waals surface area (Å²) in [7, 11) is 0. The summed E-state index contributed by atoms with van der Waals surface area (Å²) in [5.74, 6) is -0.359. The standard InChI is InChI=1S/C9H9ClF3NO/c1-5(14)6-2-7(10)4-8(3-6)15-9(11,12)13/h2-5H,14H2,1H3. The lowest BCUT2D eigenvalue weighted by Gasteiger charge is -2.12. The average Bonchev–Trinajstić information content (AvgIpc) is 1.99. The fourth-order valence-electron chi connectivity index (χ4n) is 1.04. The topological polar surface area (TPSA) is 35.2 Å². The zero-order chi connectivity index (χ0) is 11.6. The van der Waals surface area contributed by atoms with Gasteiger partial charge in [-0.15, -0.1) is 13.2 Å². The number of halogens is 4. The van der Waals surface area contributed by atoms with E-state index in [-0.39, 0.29) is 10.8 Å². The third-order valence-electron chi connectivity index (χ3n) is 1.65. The predicted molar refractivity (Wildman–Crippen MR) is 50.7 cm³/mol. The van der Waals surface area contributed by atoms with Gasteiger partial charge in [0.05, 0.1) is 0 Å². The largest absolute Gasteiger partial charge is 0.573 e. The van der Waals surface area contributed by atoms with Gasteiger partial charge in [0.25, 0.3) is 0 Å². The molecule has 2 N–H and O–H groups in total. The smallest absolute Gasteiger partial charge is 0.406 e. The van der Waals surface area contributed by atoms with Crippen LogP contribution in [0.3, 0.4) is 0 Å². The maximum absolute atomic E-state index is 11.9. The molecule has 84 valence electrons. The van der Waals surface area contributed by atoms with E-state index in [1.807, 2.05) is 0 Å². The fraction of sp³-hybridized carbons (Fsp3) is 0.333.